The van der Waals surface area contributed by atoms with Crippen molar-refractivity contribution in [2.75, 3.05) is 0 Å². The number of aromatic carboxylic acids is 1. The number of nitrogens with one attached hydrogen (secondary N) is 1. The highest BCUT2D eigenvalue weighted by Gasteiger charge is 2.17. The van der Waals surface area contributed by atoms with Crippen molar-refractivity contribution in [3.63, 3.8) is 0 Å². The standard InChI is InChI=1S/C15H15NO3S/c1-10(9-11-5-4-8-20-11)16-14(17)12-6-2-3-7-13(12)15(18)19/h2-8,10H,9H2,1H3,(H,16,17)(H,18,19). The molecule has 0 radical (unpaired) electrons. The maximum Gasteiger partial charge on any atom is 0.336 e. The van der Waals surface area contributed by atoms with Gasteiger partial charge in [0.25, 0.3) is 5.91 Å². The largest absolute Gasteiger partial charge is 0.478 e. The van der Waals surface area contributed by atoms with Crippen LogP contribution >= 0.6 is 11.3 Å². The van der Waals surface area contributed by atoms with Crippen LogP contribution in [-0.2, 0) is 6.42 Å². The van der Waals surface area contributed by atoms with Crippen LogP contribution in [0.4, 0.5) is 0 Å². The molecule has 0 aliphatic heterocycles. The highest BCUT2D eigenvalue weighted by molar-refractivity contribution is 7.09. The molecule has 0 saturated carbocycles. The first kappa shape index (κ1) is 14.3. The molecule has 104 valence electrons. The second-order valence-electron chi connectivity index (χ2n) is 4.51. The Kier molecular flexibility index (Phi) is 4.53. The van der Waals surface area contributed by atoms with Crippen LogP contribution in [0.25, 0.3) is 0 Å². The first-order valence-electron chi connectivity index (χ1n) is 6.23. The Labute approximate surface area is 121 Å². The molecule has 1 amide bonds. The van der Waals surface area contributed by atoms with Crippen molar-refractivity contribution in [3.8, 4) is 0 Å². The lowest BCUT2D eigenvalue weighted by molar-refractivity contribution is 0.0690. The minimum Gasteiger partial charge on any atom is -0.478 e. The third-order valence-electron chi connectivity index (χ3n) is 2.87. The minimum absolute atomic E-state index is 0.0216. The number of carbonyl (C=O) groups excluding carboxylic acids is 1. The lowest BCUT2D eigenvalue weighted by Gasteiger charge is -2.14. The first-order valence-corrected chi connectivity index (χ1v) is 7.11. The van der Waals surface area contributed by atoms with Crippen molar-refractivity contribution in [2.45, 2.75) is 19.4 Å². The summed E-state index contributed by atoms with van der Waals surface area (Å²) in [6.45, 7) is 1.90. The molecule has 1 atom stereocenters. The van der Waals surface area contributed by atoms with Gasteiger partial charge in [-0.25, -0.2) is 4.79 Å². The van der Waals surface area contributed by atoms with E-state index in [-0.39, 0.29) is 23.1 Å². The van der Waals surface area contributed by atoms with Crippen molar-refractivity contribution in [3.05, 3.63) is 57.8 Å². The summed E-state index contributed by atoms with van der Waals surface area (Å²) in [7, 11) is 0. The second-order valence-corrected chi connectivity index (χ2v) is 5.54. The Morgan fingerprint density at radius 2 is 1.90 bits per heavy atom. The Morgan fingerprint density at radius 3 is 2.50 bits per heavy atom. The van der Waals surface area contributed by atoms with Gasteiger partial charge in [0.2, 0.25) is 0 Å². The number of carboxylic acid groups (broad SMARTS) is 1. The van der Waals surface area contributed by atoms with Crippen molar-refractivity contribution in [2.24, 2.45) is 0 Å². The fraction of sp³-hybridized carbons (Fsp3) is 0.200. The number of benzene rings is 1. The molecule has 4 nitrogen and oxygen atoms in total. The topological polar surface area (TPSA) is 66.4 Å². The quantitative estimate of drug-likeness (QED) is 0.889. The fourth-order valence-corrected chi connectivity index (χ4v) is 2.79. The van der Waals surface area contributed by atoms with Gasteiger partial charge >= 0.3 is 5.97 Å². The van der Waals surface area contributed by atoms with Crippen LogP contribution in [0.5, 0.6) is 0 Å². The molecular formula is C15H15NO3S. The number of carbonyl (C=O) groups is 2. The van der Waals surface area contributed by atoms with E-state index in [2.05, 4.69) is 5.32 Å². The van der Waals surface area contributed by atoms with Crippen LogP contribution in [0.2, 0.25) is 0 Å². The summed E-state index contributed by atoms with van der Waals surface area (Å²) in [6, 6.07) is 10.1. The molecule has 1 heterocycles. The Balaban J connectivity index is 2.06. The number of thiophene rings is 1. The van der Waals surface area contributed by atoms with E-state index in [1.807, 2.05) is 24.4 Å². The molecule has 1 aromatic carbocycles. The summed E-state index contributed by atoms with van der Waals surface area (Å²) in [5, 5.41) is 13.9. The average Bonchev–Trinajstić information content (AvgIpc) is 2.91. The fourth-order valence-electron chi connectivity index (χ4n) is 1.95. The zero-order valence-electron chi connectivity index (χ0n) is 11.0. The zero-order chi connectivity index (χ0) is 14.5. The summed E-state index contributed by atoms with van der Waals surface area (Å²) in [4.78, 5) is 24.4. The molecule has 0 spiro atoms. The molecule has 0 aliphatic rings. The predicted molar refractivity (Wildman–Crippen MR) is 78.4 cm³/mol. The number of hydrogen-bond donors (Lipinski definition) is 2. The molecule has 20 heavy (non-hydrogen) atoms. The predicted octanol–water partition coefficient (Wildman–Crippen LogP) is 2.81. The van der Waals surface area contributed by atoms with Crippen molar-refractivity contribution in [1.29, 1.82) is 0 Å². The Morgan fingerprint density at radius 1 is 1.20 bits per heavy atom. The number of rotatable bonds is 5. The molecule has 1 unspecified atom stereocenters. The number of hydrogen-bond acceptors (Lipinski definition) is 3. The van der Waals surface area contributed by atoms with Crippen LogP contribution in [0.3, 0.4) is 0 Å². The smallest absolute Gasteiger partial charge is 0.336 e. The van der Waals surface area contributed by atoms with Crippen molar-refractivity contribution < 1.29 is 14.7 Å². The third kappa shape index (κ3) is 3.45. The second kappa shape index (κ2) is 6.34. The van der Waals surface area contributed by atoms with Crippen LogP contribution in [-0.4, -0.2) is 23.0 Å². The first-order chi connectivity index (χ1) is 9.58. The van der Waals surface area contributed by atoms with Gasteiger partial charge in [-0.1, -0.05) is 18.2 Å². The highest BCUT2D eigenvalue weighted by Crippen LogP contribution is 2.12. The summed E-state index contributed by atoms with van der Waals surface area (Å²) >= 11 is 1.64. The van der Waals surface area contributed by atoms with Gasteiger partial charge in [-0.3, -0.25) is 4.79 Å². The van der Waals surface area contributed by atoms with E-state index in [0.717, 1.165) is 6.42 Å². The lowest BCUT2D eigenvalue weighted by atomic mass is 10.1. The molecule has 1 aromatic heterocycles. The summed E-state index contributed by atoms with van der Waals surface area (Å²) in [5.74, 6) is -1.45. The van der Waals surface area contributed by atoms with Gasteiger partial charge in [-0.2, -0.15) is 0 Å². The SMILES string of the molecule is CC(Cc1cccs1)NC(=O)c1ccccc1C(=O)O. The van der Waals surface area contributed by atoms with Crippen molar-refractivity contribution in [1.82, 2.24) is 5.32 Å². The van der Waals surface area contributed by atoms with E-state index in [1.165, 1.54) is 17.0 Å². The Bertz CT molecular complexity index is 607. The van der Waals surface area contributed by atoms with E-state index < -0.39 is 5.97 Å². The molecule has 5 heteroatoms. The van der Waals surface area contributed by atoms with E-state index in [1.54, 1.807) is 23.5 Å². The van der Waals surface area contributed by atoms with Crippen molar-refractivity contribution >= 4 is 23.2 Å². The number of amides is 1. The normalized spacial score (nSPS) is 11.8. The van der Waals surface area contributed by atoms with Gasteiger partial charge < -0.3 is 10.4 Å². The van der Waals surface area contributed by atoms with E-state index in [4.69, 9.17) is 5.11 Å². The molecular weight excluding hydrogens is 274 g/mol. The molecule has 2 N–H and O–H groups in total. The molecule has 0 bridgehead atoms. The van der Waals surface area contributed by atoms with Gasteiger partial charge in [0, 0.05) is 17.3 Å². The van der Waals surface area contributed by atoms with Gasteiger partial charge in [0.1, 0.15) is 0 Å². The van der Waals surface area contributed by atoms with Gasteiger partial charge in [-0.05, 0) is 30.5 Å². The molecule has 0 aliphatic carbocycles. The zero-order valence-corrected chi connectivity index (χ0v) is 11.8. The molecule has 0 saturated heterocycles. The number of carboxylic acids is 1. The van der Waals surface area contributed by atoms with E-state index >= 15 is 0 Å². The molecule has 0 fully saturated rings. The van der Waals surface area contributed by atoms with Crippen LogP contribution in [0.15, 0.2) is 41.8 Å². The van der Waals surface area contributed by atoms with Gasteiger partial charge in [-0.15, -0.1) is 11.3 Å². The highest BCUT2D eigenvalue weighted by atomic mass is 32.1. The maximum absolute atomic E-state index is 12.1. The summed E-state index contributed by atoms with van der Waals surface area (Å²) in [6.07, 6.45) is 0.735. The monoisotopic (exact) mass is 289 g/mol. The van der Waals surface area contributed by atoms with Crippen LogP contribution in [0, 0.1) is 0 Å². The molecule has 2 rings (SSSR count). The third-order valence-corrected chi connectivity index (χ3v) is 3.77. The average molecular weight is 289 g/mol. The van der Waals surface area contributed by atoms with Gasteiger partial charge in [0.05, 0.1) is 11.1 Å². The van der Waals surface area contributed by atoms with Gasteiger partial charge in [0.15, 0.2) is 0 Å². The summed E-state index contributed by atoms with van der Waals surface area (Å²) < 4.78 is 0. The Hall–Kier alpha value is -2.14. The van der Waals surface area contributed by atoms with E-state index in [0.29, 0.717) is 0 Å². The minimum atomic E-state index is -1.10. The van der Waals surface area contributed by atoms with Crippen LogP contribution < -0.4 is 5.32 Å². The maximum atomic E-state index is 12.1. The van der Waals surface area contributed by atoms with Crippen LogP contribution in [0.1, 0.15) is 32.5 Å². The summed E-state index contributed by atoms with van der Waals surface area (Å²) in [5.41, 5.74) is 0.214. The molecule has 2 aromatic rings. The lowest BCUT2D eigenvalue weighted by Crippen LogP contribution is -2.34. The van der Waals surface area contributed by atoms with E-state index in [9.17, 15) is 9.59 Å².